The highest BCUT2D eigenvalue weighted by molar-refractivity contribution is 7.20. The number of thiophene rings is 1. The molecule has 2 aromatic rings. The molecule has 0 aliphatic rings. The lowest BCUT2D eigenvalue weighted by Crippen LogP contribution is -2.26. The number of carbonyl (C=O) groups excluding carboxylic acids is 1. The van der Waals surface area contributed by atoms with Gasteiger partial charge in [0, 0.05) is 13.7 Å². The molecule has 2 aromatic heterocycles. The Labute approximate surface area is 151 Å². The van der Waals surface area contributed by atoms with Crippen LogP contribution in [0.3, 0.4) is 0 Å². The van der Waals surface area contributed by atoms with E-state index < -0.39 is 0 Å². The molecule has 24 heavy (non-hydrogen) atoms. The fraction of sp³-hybridized carbons (Fsp3) is 0.533. The van der Waals surface area contributed by atoms with Crippen molar-refractivity contribution in [1.82, 2.24) is 20.6 Å². The van der Waals surface area contributed by atoms with Gasteiger partial charge in [-0.15, -0.1) is 23.7 Å². The van der Waals surface area contributed by atoms with Crippen molar-refractivity contribution in [3.63, 3.8) is 0 Å². The van der Waals surface area contributed by atoms with Gasteiger partial charge in [0.2, 0.25) is 5.88 Å². The van der Waals surface area contributed by atoms with E-state index in [-0.39, 0.29) is 18.3 Å². The second-order valence-electron chi connectivity index (χ2n) is 5.03. The zero-order chi connectivity index (χ0) is 16.8. The average Bonchev–Trinajstić information content (AvgIpc) is 2.88. The van der Waals surface area contributed by atoms with Crippen molar-refractivity contribution in [2.24, 2.45) is 0 Å². The van der Waals surface area contributed by atoms with E-state index in [9.17, 15) is 4.79 Å². The monoisotopic (exact) mass is 374 g/mol. The highest BCUT2D eigenvalue weighted by Gasteiger charge is 2.20. The molecule has 134 valence electrons. The van der Waals surface area contributed by atoms with Crippen LogP contribution in [0.1, 0.15) is 27.5 Å². The van der Waals surface area contributed by atoms with Crippen molar-refractivity contribution in [2.45, 2.75) is 20.0 Å². The second kappa shape index (κ2) is 9.73. The van der Waals surface area contributed by atoms with Crippen LogP contribution < -0.4 is 15.4 Å². The van der Waals surface area contributed by atoms with Gasteiger partial charge < -0.3 is 20.1 Å². The van der Waals surface area contributed by atoms with Crippen LogP contribution in [-0.2, 0) is 11.3 Å². The number of amides is 1. The molecule has 0 saturated carbocycles. The smallest absolute Gasteiger partial charge is 0.261 e. The number of hydrogen-bond donors (Lipinski definition) is 2. The Bertz CT molecular complexity index is 693. The van der Waals surface area contributed by atoms with Crippen LogP contribution in [0.2, 0.25) is 0 Å². The number of aryl methyl sites for hydroxylation is 1. The molecule has 0 radical (unpaired) electrons. The summed E-state index contributed by atoms with van der Waals surface area (Å²) in [5.74, 6) is 0.932. The van der Waals surface area contributed by atoms with Crippen molar-refractivity contribution in [3.05, 3.63) is 16.3 Å². The first kappa shape index (κ1) is 20.6. The third kappa shape index (κ3) is 4.54. The molecule has 7 nitrogen and oxygen atoms in total. The van der Waals surface area contributed by atoms with Gasteiger partial charge in [0.15, 0.2) is 5.82 Å². The molecule has 0 atom stereocenters. The van der Waals surface area contributed by atoms with Crippen molar-refractivity contribution in [2.75, 3.05) is 34.4 Å². The van der Waals surface area contributed by atoms with E-state index in [1.54, 1.807) is 14.2 Å². The molecule has 2 heterocycles. The van der Waals surface area contributed by atoms with Gasteiger partial charge in [0.05, 0.1) is 17.4 Å². The number of halogens is 1. The third-order valence-corrected chi connectivity index (χ3v) is 4.55. The summed E-state index contributed by atoms with van der Waals surface area (Å²) in [6.07, 6.45) is 0.882. The van der Waals surface area contributed by atoms with E-state index in [2.05, 4.69) is 20.6 Å². The van der Waals surface area contributed by atoms with Crippen molar-refractivity contribution in [3.8, 4) is 5.88 Å². The van der Waals surface area contributed by atoms with E-state index in [1.807, 2.05) is 14.0 Å². The Hall–Kier alpha value is -1.48. The van der Waals surface area contributed by atoms with Gasteiger partial charge in [-0.1, -0.05) is 0 Å². The highest BCUT2D eigenvalue weighted by atomic mass is 35.5. The molecule has 0 aliphatic heterocycles. The summed E-state index contributed by atoms with van der Waals surface area (Å²) in [4.78, 5) is 22.6. The number of methoxy groups -OCH3 is 2. The molecular formula is C15H23ClN4O3S. The molecular weight excluding hydrogens is 352 g/mol. The topological polar surface area (TPSA) is 85.4 Å². The summed E-state index contributed by atoms with van der Waals surface area (Å²) >= 11 is 1.35. The minimum absolute atomic E-state index is 0. The number of rotatable bonds is 8. The summed E-state index contributed by atoms with van der Waals surface area (Å²) in [5, 5.41) is 6.77. The Balaban J connectivity index is 0.00000288. The largest absolute Gasteiger partial charge is 0.480 e. The molecule has 0 aromatic carbocycles. The SMILES string of the molecule is CNCCCNC(=O)c1sc2nc(COC)nc(OC)c2c1C.Cl. The predicted molar refractivity (Wildman–Crippen MR) is 97.5 cm³/mol. The maximum Gasteiger partial charge on any atom is 0.261 e. The van der Waals surface area contributed by atoms with Gasteiger partial charge in [-0.2, -0.15) is 4.98 Å². The minimum Gasteiger partial charge on any atom is -0.480 e. The van der Waals surface area contributed by atoms with Crippen LogP contribution in [0, 0.1) is 6.92 Å². The Morgan fingerprint density at radius 1 is 1.25 bits per heavy atom. The Morgan fingerprint density at radius 2 is 2.00 bits per heavy atom. The number of fused-ring (bicyclic) bond motifs is 1. The fourth-order valence-electron chi connectivity index (χ4n) is 2.25. The first-order valence-electron chi connectivity index (χ1n) is 7.38. The van der Waals surface area contributed by atoms with E-state index in [0.29, 0.717) is 29.7 Å². The molecule has 2 N–H and O–H groups in total. The normalized spacial score (nSPS) is 10.5. The van der Waals surface area contributed by atoms with Crippen LogP contribution in [0.5, 0.6) is 5.88 Å². The number of nitrogens with zero attached hydrogens (tertiary/aromatic N) is 2. The molecule has 9 heteroatoms. The zero-order valence-corrected chi connectivity index (χ0v) is 15.9. The van der Waals surface area contributed by atoms with Crippen LogP contribution in [0.25, 0.3) is 10.2 Å². The summed E-state index contributed by atoms with van der Waals surface area (Å²) in [5.41, 5.74) is 0.844. The van der Waals surface area contributed by atoms with Crippen molar-refractivity contribution >= 4 is 39.9 Å². The number of ether oxygens (including phenoxy) is 2. The fourth-order valence-corrected chi connectivity index (χ4v) is 3.36. The molecule has 0 aliphatic carbocycles. The lowest BCUT2D eigenvalue weighted by molar-refractivity contribution is 0.0957. The number of aromatic nitrogens is 2. The number of nitrogens with one attached hydrogen (secondary N) is 2. The van der Waals surface area contributed by atoms with Crippen LogP contribution in [0.4, 0.5) is 0 Å². The lowest BCUT2D eigenvalue weighted by Gasteiger charge is -2.05. The first-order valence-corrected chi connectivity index (χ1v) is 8.19. The van der Waals surface area contributed by atoms with Gasteiger partial charge in [0.1, 0.15) is 11.4 Å². The highest BCUT2D eigenvalue weighted by Crippen LogP contribution is 2.34. The van der Waals surface area contributed by atoms with E-state index in [4.69, 9.17) is 9.47 Å². The van der Waals surface area contributed by atoms with E-state index in [0.717, 1.165) is 28.7 Å². The average molecular weight is 375 g/mol. The first-order chi connectivity index (χ1) is 11.1. The van der Waals surface area contributed by atoms with E-state index in [1.165, 1.54) is 11.3 Å². The standard InChI is InChI=1S/C15H22N4O3S.ClH/c1-9-11-14(22-4)18-10(8-21-3)19-15(11)23-12(9)13(20)17-7-5-6-16-2;/h16H,5-8H2,1-4H3,(H,17,20);1H. The summed E-state index contributed by atoms with van der Waals surface area (Å²) in [6.45, 7) is 3.69. The molecule has 0 bridgehead atoms. The Kier molecular flexibility index (Phi) is 8.34. The quantitative estimate of drug-likeness (QED) is 0.686. The maximum absolute atomic E-state index is 12.4. The van der Waals surface area contributed by atoms with Gasteiger partial charge in [-0.3, -0.25) is 4.79 Å². The van der Waals surface area contributed by atoms with Crippen LogP contribution in [-0.4, -0.2) is 50.2 Å². The van der Waals surface area contributed by atoms with Crippen LogP contribution in [0.15, 0.2) is 0 Å². The lowest BCUT2D eigenvalue weighted by atomic mass is 10.2. The minimum atomic E-state index is -0.0862. The summed E-state index contributed by atoms with van der Waals surface area (Å²) < 4.78 is 10.4. The predicted octanol–water partition coefficient (Wildman–Crippen LogP) is 1.92. The molecule has 0 unspecified atom stereocenters. The molecule has 0 fully saturated rings. The molecule has 0 saturated heterocycles. The number of hydrogen-bond acceptors (Lipinski definition) is 7. The molecule has 0 spiro atoms. The summed E-state index contributed by atoms with van der Waals surface area (Å²) in [7, 11) is 5.04. The number of carbonyl (C=O) groups is 1. The van der Waals surface area contributed by atoms with Crippen molar-refractivity contribution < 1.29 is 14.3 Å². The Morgan fingerprint density at radius 3 is 2.62 bits per heavy atom. The maximum atomic E-state index is 12.4. The van der Waals surface area contributed by atoms with Crippen LogP contribution >= 0.6 is 23.7 Å². The third-order valence-electron chi connectivity index (χ3n) is 3.37. The molecule has 2 rings (SSSR count). The summed E-state index contributed by atoms with van der Waals surface area (Å²) in [6, 6.07) is 0. The molecule has 1 amide bonds. The second-order valence-corrected chi connectivity index (χ2v) is 6.03. The van der Waals surface area contributed by atoms with Crippen molar-refractivity contribution in [1.29, 1.82) is 0 Å². The van der Waals surface area contributed by atoms with Gasteiger partial charge >= 0.3 is 0 Å². The van der Waals surface area contributed by atoms with Gasteiger partial charge in [0.25, 0.3) is 5.91 Å². The van der Waals surface area contributed by atoms with Gasteiger partial charge in [-0.25, -0.2) is 4.98 Å². The van der Waals surface area contributed by atoms with E-state index >= 15 is 0 Å². The van der Waals surface area contributed by atoms with Gasteiger partial charge in [-0.05, 0) is 32.5 Å². The zero-order valence-electron chi connectivity index (χ0n) is 14.3.